The molecule has 4 aliphatic carbocycles. The van der Waals surface area contributed by atoms with E-state index in [1.165, 1.54) is 44.7 Å². The van der Waals surface area contributed by atoms with E-state index in [9.17, 15) is 9.59 Å². The molecule has 0 aromatic carbocycles. The highest BCUT2D eigenvalue weighted by Crippen LogP contribution is 2.59. The van der Waals surface area contributed by atoms with Crippen LogP contribution in [0.2, 0.25) is 0 Å². The second kappa shape index (κ2) is 6.19. The first-order valence-electron chi connectivity index (χ1n) is 8.97. The van der Waals surface area contributed by atoms with E-state index in [4.69, 9.17) is 4.74 Å². The molecule has 0 unspecified atom stereocenters. The van der Waals surface area contributed by atoms with E-state index in [0.29, 0.717) is 5.41 Å². The summed E-state index contributed by atoms with van der Waals surface area (Å²) in [6.45, 7) is 0.498. The summed E-state index contributed by atoms with van der Waals surface area (Å²) in [5.41, 5.74) is 0.529. The first-order valence-corrected chi connectivity index (χ1v) is 8.97. The predicted octanol–water partition coefficient (Wildman–Crippen LogP) is 2.57. The number of nitrogens with zero attached hydrogens (tertiary/aromatic N) is 1. The lowest BCUT2D eigenvalue weighted by Crippen LogP contribution is -2.51. The van der Waals surface area contributed by atoms with Crippen molar-refractivity contribution >= 4 is 11.9 Å². The van der Waals surface area contributed by atoms with Gasteiger partial charge in [-0.3, -0.25) is 4.79 Å². The average Bonchev–Trinajstić information content (AvgIpc) is 2.57. The van der Waals surface area contributed by atoms with Gasteiger partial charge in [-0.15, -0.1) is 0 Å². The first kappa shape index (κ1) is 15.6. The zero-order chi connectivity index (χ0) is 16.6. The molecular formula is C19H24N2O3. The number of esters is 1. The van der Waals surface area contributed by atoms with Crippen molar-refractivity contribution in [2.24, 2.45) is 23.2 Å². The van der Waals surface area contributed by atoms with Crippen molar-refractivity contribution in [3.8, 4) is 0 Å². The number of hydrogen-bond donors (Lipinski definition) is 1. The van der Waals surface area contributed by atoms with Crippen LogP contribution < -0.4 is 5.32 Å². The standard InChI is InChI=1S/C19H24N2O3/c22-17(11-24-18(23)16-3-1-2-4-20-16)21-12-19-8-13-5-14(9-19)7-15(6-13)10-19/h1-4,13-15H,5-12H2,(H,21,22). The molecule has 4 bridgehead atoms. The summed E-state index contributed by atoms with van der Waals surface area (Å²) >= 11 is 0. The Balaban J connectivity index is 1.26. The molecule has 128 valence electrons. The van der Waals surface area contributed by atoms with E-state index in [0.717, 1.165) is 24.3 Å². The summed E-state index contributed by atoms with van der Waals surface area (Å²) in [5.74, 6) is 1.84. The van der Waals surface area contributed by atoms with Crippen LogP contribution >= 0.6 is 0 Å². The minimum atomic E-state index is -0.555. The minimum Gasteiger partial charge on any atom is -0.451 e. The summed E-state index contributed by atoms with van der Waals surface area (Å²) in [7, 11) is 0. The molecule has 4 aliphatic rings. The molecule has 4 saturated carbocycles. The molecular weight excluding hydrogens is 304 g/mol. The summed E-state index contributed by atoms with van der Waals surface area (Å²) in [5, 5.41) is 3.01. The molecule has 0 aliphatic heterocycles. The Morgan fingerprint density at radius 1 is 1.12 bits per heavy atom. The van der Waals surface area contributed by atoms with E-state index in [2.05, 4.69) is 10.3 Å². The molecule has 1 aromatic heterocycles. The highest BCUT2D eigenvalue weighted by molar-refractivity contribution is 5.89. The fourth-order valence-corrected chi connectivity index (χ4v) is 5.53. The number of hydrogen-bond acceptors (Lipinski definition) is 4. The Bertz CT molecular complexity index is 593. The van der Waals surface area contributed by atoms with Crippen LogP contribution in [-0.2, 0) is 9.53 Å². The Morgan fingerprint density at radius 3 is 2.38 bits per heavy atom. The van der Waals surface area contributed by atoms with Crippen molar-refractivity contribution in [2.45, 2.75) is 38.5 Å². The number of aromatic nitrogens is 1. The Labute approximate surface area is 142 Å². The SMILES string of the molecule is O=C(COC(=O)c1ccccn1)NCC12CC3CC(CC(C3)C1)C2. The van der Waals surface area contributed by atoms with Gasteiger partial charge in [-0.1, -0.05) is 6.07 Å². The maximum absolute atomic E-state index is 12.1. The zero-order valence-electron chi connectivity index (χ0n) is 13.9. The molecule has 24 heavy (non-hydrogen) atoms. The summed E-state index contributed by atoms with van der Waals surface area (Å²) < 4.78 is 5.05. The zero-order valence-corrected chi connectivity index (χ0v) is 13.9. The van der Waals surface area contributed by atoms with E-state index in [1.807, 2.05) is 0 Å². The average molecular weight is 328 g/mol. The van der Waals surface area contributed by atoms with E-state index >= 15 is 0 Å². The van der Waals surface area contributed by atoms with Crippen LogP contribution in [0.25, 0.3) is 0 Å². The van der Waals surface area contributed by atoms with Crippen LogP contribution in [0, 0.1) is 23.2 Å². The normalized spacial score (nSPS) is 33.2. The van der Waals surface area contributed by atoms with Gasteiger partial charge in [0, 0.05) is 12.7 Å². The van der Waals surface area contributed by atoms with Gasteiger partial charge in [0.25, 0.3) is 5.91 Å². The van der Waals surface area contributed by atoms with Gasteiger partial charge in [-0.25, -0.2) is 9.78 Å². The van der Waals surface area contributed by atoms with Crippen LogP contribution in [0.4, 0.5) is 0 Å². The summed E-state index contributed by atoms with van der Waals surface area (Å²) in [4.78, 5) is 27.8. The summed E-state index contributed by atoms with van der Waals surface area (Å²) in [6.07, 6.45) is 9.50. The smallest absolute Gasteiger partial charge is 0.357 e. The molecule has 5 heteroatoms. The van der Waals surface area contributed by atoms with Gasteiger partial charge >= 0.3 is 5.97 Å². The largest absolute Gasteiger partial charge is 0.451 e. The number of rotatable bonds is 5. The molecule has 0 radical (unpaired) electrons. The van der Waals surface area contributed by atoms with Gasteiger partial charge in [0.2, 0.25) is 0 Å². The maximum Gasteiger partial charge on any atom is 0.357 e. The second-order valence-corrected chi connectivity index (χ2v) is 7.99. The van der Waals surface area contributed by atoms with Crippen molar-refractivity contribution in [3.63, 3.8) is 0 Å². The lowest BCUT2D eigenvalue weighted by Gasteiger charge is -2.56. The molecule has 0 saturated heterocycles. The predicted molar refractivity (Wildman–Crippen MR) is 88.1 cm³/mol. The molecule has 5 nitrogen and oxygen atoms in total. The fourth-order valence-electron chi connectivity index (χ4n) is 5.53. The van der Waals surface area contributed by atoms with Crippen molar-refractivity contribution in [1.82, 2.24) is 10.3 Å². The van der Waals surface area contributed by atoms with Gasteiger partial charge in [-0.05, 0) is 73.8 Å². The molecule has 1 amide bonds. The third-order valence-corrected chi connectivity index (χ3v) is 6.03. The number of pyridine rings is 1. The molecule has 1 heterocycles. The van der Waals surface area contributed by atoms with Crippen LogP contribution in [0.15, 0.2) is 24.4 Å². The van der Waals surface area contributed by atoms with Crippen molar-refractivity contribution in [2.75, 3.05) is 13.2 Å². The van der Waals surface area contributed by atoms with Crippen LogP contribution in [0.1, 0.15) is 49.0 Å². The number of nitrogens with one attached hydrogen (secondary N) is 1. The van der Waals surface area contributed by atoms with Crippen LogP contribution in [-0.4, -0.2) is 30.0 Å². The minimum absolute atomic E-state index is 0.213. The van der Waals surface area contributed by atoms with Gasteiger partial charge in [0.1, 0.15) is 5.69 Å². The third-order valence-electron chi connectivity index (χ3n) is 6.03. The quantitative estimate of drug-likeness (QED) is 0.844. The van der Waals surface area contributed by atoms with E-state index < -0.39 is 5.97 Å². The van der Waals surface area contributed by atoms with Gasteiger partial charge < -0.3 is 10.1 Å². The third kappa shape index (κ3) is 3.17. The van der Waals surface area contributed by atoms with E-state index in [1.54, 1.807) is 18.2 Å². The first-order chi connectivity index (χ1) is 11.6. The Kier molecular flexibility index (Phi) is 4.02. The molecule has 5 rings (SSSR count). The highest BCUT2D eigenvalue weighted by Gasteiger charge is 2.50. The number of amides is 1. The number of carbonyl (C=O) groups is 2. The molecule has 1 aromatic rings. The molecule has 1 N–H and O–H groups in total. The van der Waals surface area contributed by atoms with Gasteiger partial charge in [0.15, 0.2) is 6.61 Å². The maximum atomic E-state index is 12.1. The fraction of sp³-hybridized carbons (Fsp3) is 0.632. The second-order valence-electron chi connectivity index (χ2n) is 7.99. The van der Waals surface area contributed by atoms with Crippen molar-refractivity contribution in [3.05, 3.63) is 30.1 Å². The lowest BCUT2D eigenvalue weighted by atomic mass is 9.49. The highest BCUT2D eigenvalue weighted by atomic mass is 16.5. The van der Waals surface area contributed by atoms with Gasteiger partial charge in [0.05, 0.1) is 0 Å². The lowest BCUT2D eigenvalue weighted by molar-refractivity contribution is -0.126. The van der Waals surface area contributed by atoms with Gasteiger partial charge in [-0.2, -0.15) is 0 Å². The van der Waals surface area contributed by atoms with E-state index in [-0.39, 0.29) is 18.2 Å². The van der Waals surface area contributed by atoms with Crippen LogP contribution in [0.3, 0.4) is 0 Å². The molecule has 0 atom stereocenters. The molecule has 4 fully saturated rings. The number of carbonyl (C=O) groups excluding carboxylic acids is 2. The topological polar surface area (TPSA) is 68.3 Å². The Hall–Kier alpha value is -1.91. The van der Waals surface area contributed by atoms with Crippen LogP contribution in [0.5, 0.6) is 0 Å². The number of ether oxygens (including phenoxy) is 1. The molecule has 0 spiro atoms. The Morgan fingerprint density at radius 2 is 1.79 bits per heavy atom. The van der Waals surface area contributed by atoms with Crippen molar-refractivity contribution < 1.29 is 14.3 Å². The monoisotopic (exact) mass is 328 g/mol. The summed E-state index contributed by atoms with van der Waals surface area (Å²) in [6, 6.07) is 5.03. The van der Waals surface area contributed by atoms with Crippen molar-refractivity contribution in [1.29, 1.82) is 0 Å².